The zero-order chi connectivity index (χ0) is 12.7. The van der Waals surface area contributed by atoms with E-state index in [2.05, 4.69) is 36.6 Å². The average Bonchev–Trinajstić information content (AvgIpc) is 3.17. The summed E-state index contributed by atoms with van der Waals surface area (Å²) in [6.45, 7) is 5.08. The lowest BCUT2D eigenvalue weighted by atomic mass is 10.1. The van der Waals surface area contributed by atoms with E-state index in [1.165, 1.54) is 29.7 Å². The van der Waals surface area contributed by atoms with Gasteiger partial charge in [-0.05, 0) is 37.0 Å². The van der Waals surface area contributed by atoms with Crippen molar-refractivity contribution < 1.29 is 0 Å². The Morgan fingerprint density at radius 3 is 2.83 bits per heavy atom. The first-order chi connectivity index (χ1) is 8.74. The van der Waals surface area contributed by atoms with E-state index >= 15 is 0 Å². The SMILES string of the molecule is CCC(C)c1nc2cc(CN)ccc2n1C1CC1. The normalized spacial score (nSPS) is 17.3. The molecule has 0 bridgehead atoms. The molecule has 1 aliphatic carbocycles. The fourth-order valence-corrected chi connectivity index (χ4v) is 2.54. The predicted octanol–water partition coefficient (Wildman–Crippen LogP) is 3.34. The van der Waals surface area contributed by atoms with E-state index in [4.69, 9.17) is 10.7 Å². The van der Waals surface area contributed by atoms with E-state index in [1.807, 2.05) is 0 Å². The molecule has 2 N–H and O–H groups in total. The highest BCUT2D eigenvalue weighted by Crippen LogP contribution is 2.40. The van der Waals surface area contributed by atoms with Gasteiger partial charge >= 0.3 is 0 Å². The van der Waals surface area contributed by atoms with Gasteiger partial charge in [0.25, 0.3) is 0 Å². The second kappa shape index (κ2) is 4.39. The molecule has 0 aliphatic heterocycles. The fourth-order valence-electron chi connectivity index (χ4n) is 2.54. The topological polar surface area (TPSA) is 43.8 Å². The lowest BCUT2D eigenvalue weighted by molar-refractivity contribution is 0.610. The minimum Gasteiger partial charge on any atom is -0.326 e. The van der Waals surface area contributed by atoms with E-state index in [0.29, 0.717) is 18.5 Å². The minimum absolute atomic E-state index is 0.527. The molecular weight excluding hydrogens is 222 g/mol. The Kier molecular flexibility index (Phi) is 2.86. The second-order valence-electron chi connectivity index (χ2n) is 5.41. The van der Waals surface area contributed by atoms with Crippen LogP contribution in [0.25, 0.3) is 11.0 Å². The molecule has 0 saturated heterocycles. The third kappa shape index (κ3) is 1.83. The van der Waals surface area contributed by atoms with Crippen molar-refractivity contribution in [3.63, 3.8) is 0 Å². The molecule has 3 rings (SSSR count). The van der Waals surface area contributed by atoms with Crippen molar-refractivity contribution in [1.29, 1.82) is 0 Å². The van der Waals surface area contributed by atoms with Gasteiger partial charge in [-0.1, -0.05) is 19.9 Å². The van der Waals surface area contributed by atoms with E-state index in [-0.39, 0.29) is 0 Å². The van der Waals surface area contributed by atoms with Gasteiger partial charge in [-0.25, -0.2) is 4.98 Å². The number of fused-ring (bicyclic) bond motifs is 1. The molecule has 1 atom stereocenters. The van der Waals surface area contributed by atoms with Crippen LogP contribution in [0.3, 0.4) is 0 Å². The molecule has 18 heavy (non-hydrogen) atoms. The minimum atomic E-state index is 0.527. The average molecular weight is 243 g/mol. The molecule has 2 aromatic rings. The van der Waals surface area contributed by atoms with Crippen molar-refractivity contribution in [3.05, 3.63) is 29.6 Å². The molecule has 1 aliphatic rings. The highest BCUT2D eigenvalue weighted by molar-refractivity contribution is 5.77. The second-order valence-corrected chi connectivity index (χ2v) is 5.41. The van der Waals surface area contributed by atoms with Crippen LogP contribution >= 0.6 is 0 Å². The van der Waals surface area contributed by atoms with Gasteiger partial charge in [0.1, 0.15) is 5.82 Å². The zero-order valence-corrected chi connectivity index (χ0v) is 11.2. The molecule has 3 nitrogen and oxygen atoms in total. The molecule has 1 aromatic heterocycles. The summed E-state index contributed by atoms with van der Waals surface area (Å²) in [6.07, 6.45) is 3.74. The maximum absolute atomic E-state index is 5.71. The number of benzene rings is 1. The Bertz CT molecular complexity index is 566. The third-order valence-corrected chi connectivity index (χ3v) is 3.98. The zero-order valence-electron chi connectivity index (χ0n) is 11.2. The smallest absolute Gasteiger partial charge is 0.112 e. The number of nitrogens with zero attached hydrogens (tertiary/aromatic N) is 2. The number of aromatic nitrogens is 2. The maximum Gasteiger partial charge on any atom is 0.112 e. The van der Waals surface area contributed by atoms with Crippen LogP contribution < -0.4 is 5.73 Å². The summed E-state index contributed by atoms with van der Waals surface area (Å²) in [5.74, 6) is 1.78. The lowest BCUT2D eigenvalue weighted by Crippen LogP contribution is -2.04. The molecule has 1 saturated carbocycles. The van der Waals surface area contributed by atoms with E-state index in [9.17, 15) is 0 Å². The molecule has 1 unspecified atom stereocenters. The number of nitrogens with two attached hydrogens (primary N) is 1. The van der Waals surface area contributed by atoms with Crippen molar-refractivity contribution >= 4 is 11.0 Å². The van der Waals surface area contributed by atoms with Crippen LogP contribution in [0.2, 0.25) is 0 Å². The Morgan fingerprint density at radius 1 is 1.44 bits per heavy atom. The molecule has 0 spiro atoms. The van der Waals surface area contributed by atoms with Crippen LogP contribution in [0, 0.1) is 0 Å². The van der Waals surface area contributed by atoms with Gasteiger partial charge in [-0.15, -0.1) is 0 Å². The number of hydrogen-bond acceptors (Lipinski definition) is 2. The molecule has 96 valence electrons. The molecule has 1 fully saturated rings. The van der Waals surface area contributed by atoms with Crippen molar-refractivity contribution in [2.75, 3.05) is 0 Å². The van der Waals surface area contributed by atoms with Crippen LogP contribution in [0.4, 0.5) is 0 Å². The monoisotopic (exact) mass is 243 g/mol. The van der Waals surface area contributed by atoms with Gasteiger partial charge in [0, 0.05) is 18.5 Å². The van der Waals surface area contributed by atoms with Crippen LogP contribution in [0.1, 0.15) is 56.5 Å². The molecule has 1 heterocycles. The summed E-state index contributed by atoms with van der Waals surface area (Å²) in [5, 5.41) is 0. The van der Waals surface area contributed by atoms with Crippen molar-refractivity contribution in [3.8, 4) is 0 Å². The first kappa shape index (κ1) is 11.7. The highest BCUT2D eigenvalue weighted by Gasteiger charge is 2.29. The first-order valence-corrected chi connectivity index (χ1v) is 6.95. The molecule has 0 radical (unpaired) electrons. The molecule has 0 amide bonds. The van der Waals surface area contributed by atoms with E-state index in [1.54, 1.807) is 0 Å². The van der Waals surface area contributed by atoms with Crippen LogP contribution in [0.15, 0.2) is 18.2 Å². The third-order valence-electron chi connectivity index (χ3n) is 3.98. The maximum atomic E-state index is 5.71. The van der Waals surface area contributed by atoms with Gasteiger partial charge in [-0.3, -0.25) is 0 Å². The van der Waals surface area contributed by atoms with Gasteiger partial charge in [0.2, 0.25) is 0 Å². The van der Waals surface area contributed by atoms with Crippen LogP contribution in [-0.4, -0.2) is 9.55 Å². The van der Waals surface area contributed by atoms with Crippen molar-refractivity contribution in [2.24, 2.45) is 5.73 Å². The van der Waals surface area contributed by atoms with Gasteiger partial charge in [0.05, 0.1) is 11.0 Å². The Balaban J connectivity index is 2.18. The first-order valence-electron chi connectivity index (χ1n) is 6.95. The lowest BCUT2D eigenvalue weighted by Gasteiger charge is -2.12. The fraction of sp³-hybridized carbons (Fsp3) is 0.533. The Hall–Kier alpha value is -1.35. The molecule has 3 heteroatoms. The Labute approximate surface area is 108 Å². The number of rotatable bonds is 4. The van der Waals surface area contributed by atoms with E-state index in [0.717, 1.165) is 11.9 Å². The molecular formula is C15H21N3. The number of hydrogen-bond donors (Lipinski definition) is 1. The standard InChI is InChI=1S/C15H21N3/c1-3-10(2)15-17-13-8-11(9-16)4-7-14(13)18(15)12-5-6-12/h4,7-8,10,12H,3,5-6,9,16H2,1-2H3. The predicted molar refractivity (Wildman–Crippen MR) is 74.6 cm³/mol. The summed E-state index contributed by atoms with van der Waals surface area (Å²) < 4.78 is 2.46. The summed E-state index contributed by atoms with van der Waals surface area (Å²) in [7, 11) is 0. The van der Waals surface area contributed by atoms with Crippen LogP contribution in [-0.2, 0) is 6.54 Å². The Morgan fingerprint density at radius 2 is 2.22 bits per heavy atom. The van der Waals surface area contributed by atoms with Gasteiger partial charge in [-0.2, -0.15) is 0 Å². The largest absolute Gasteiger partial charge is 0.326 e. The summed E-state index contributed by atoms with van der Waals surface area (Å²) in [4.78, 5) is 4.86. The molecule has 1 aromatic carbocycles. The summed E-state index contributed by atoms with van der Waals surface area (Å²) in [6, 6.07) is 7.14. The highest BCUT2D eigenvalue weighted by atomic mass is 15.1. The van der Waals surface area contributed by atoms with Gasteiger partial charge in [0.15, 0.2) is 0 Å². The summed E-state index contributed by atoms with van der Waals surface area (Å²) in [5.41, 5.74) is 9.27. The van der Waals surface area contributed by atoms with Crippen LogP contribution in [0.5, 0.6) is 0 Å². The van der Waals surface area contributed by atoms with E-state index < -0.39 is 0 Å². The van der Waals surface area contributed by atoms with Gasteiger partial charge < -0.3 is 10.3 Å². The quantitative estimate of drug-likeness (QED) is 0.895. The van der Waals surface area contributed by atoms with Crippen molar-refractivity contribution in [2.45, 2.75) is 51.6 Å². The number of imidazole rings is 1. The van der Waals surface area contributed by atoms with Crippen molar-refractivity contribution in [1.82, 2.24) is 9.55 Å². The summed E-state index contributed by atoms with van der Waals surface area (Å²) >= 11 is 0.